The Kier molecular flexibility index (Phi) is 5.71. The summed E-state index contributed by atoms with van der Waals surface area (Å²) in [4.78, 5) is 24.6. The number of phenolic OH excluding ortho intramolecular Hbond substituents is 1. The molecule has 0 atom stereocenters. The molecule has 4 aromatic rings. The van der Waals surface area contributed by atoms with Crippen LogP contribution in [0.25, 0.3) is 22.3 Å². The number of carbonyl (C=O) groups is 1. The van der Waals surface area contributed by atoms with Crippen LogP contribution in [-0.4, -0.2) is 17.6 Å². The number of hydrogen-bond acceptors (Lipinski definition) is 5. The average molecular weight is 415 g/mol. The molecule has 0 spiro atoms. The highest BCUT2D eigenvalue weighted by Crippen LogP contribution is 2.31. The second-order valence-corrected chi connectivity index (χ2v) is 7.21. The third kappa shape index (κ3) is 4.75. The van der Waals surface area contributed by atoms with E-state index in [4.69, 9.17) is 9.15 Å². The Morgan fingerprint density at radius 2 is 1.84 bits per heavy atom. The van der Waals surface area contributed by atoms with Gasteiger partial charge in [0.2, 0.25) is 0 Å². The van der Waals surface area contributed by atoms with Crippen LogP contribution in [-0.2, 0) is 11.3 Å². The van der Waals surface area contributed by atoms with E-state index in [1.807, 2.05) is 61.5 Å². The number of nitrogens with one attached hydrogen (secondary N) is 1. The lowest BCUT2D eigenvalue weighted by Gasteiger charge is -2.10. The Morgan fingerprint density at radius 3 is 2.61 bits per heavy atom. The molecule has 0 aliphatic heterocycles. The molecule has 0 aliphatic carbocycles. The number of aromatic hydroxyl groups is 1. The summed E-state index contributed by atoms with van der Waals surface area (Å²) in [7, 11) is 0. The van der Waals surface area contributed by atoms with Gasteiger partial charge in [0.1, 0.15) is 28.2 Å². The van der Waals surface area contributed by atoms with Crippen molar-refractivity contribution in [1.82, 2.24) is 5.32 Å². The molecule has 0 aliphatic rings. The molecule has 0 saturated carbocycles. The first-order valence-electron chi connectivity index (χ1n) is 9.81. The summed E-state index contributed by atoms with van der Waals surface area (Å²) in [6.07, 6.45) is 0. The van der Waals surface area contributed by atoms with E-state index in [9.17, 15) is 14.7 Å². The van der Waals surface area contributed by atoms with E-state index in [-0.39, 0.29) is 40.4 Å². The number of phenols is 1. The quantitative estimate of drug-likeness (QED) is 0.493. The van der Waals surface area contributed by atoms with Crippen molar-refractivity contribution in [2.45, 2.75) is 13.5 Å². The number of fused-ring (bicyclic) bond motifs is 1. The number of carbonyl (C=O) groups excluding carboxylic acids is 1. The number of hydrogen-bond donors (Lipinski definition) is 2. The maximum Gasteiger partial charge on any atom is 0.258 e. The summed E-state index contributed by atoms with van der Waals surface area (Å²) >= 11 is 0. The lowest BCUT2D eigenvalue weighted by molar-refractivity contribution is -0.123. The minimum atomic E-state index is -0.361. The molecule has 2 N–H and O–H groups in total. The Labute approximate surface area is 178 Å². The van der Waals surface area contributed by atoms with Gasteiger partial charge in [0, 0.05) is 30.3 Å². The predicted octanol–water partition coefficient (Wildman–Crippen LogP) is 4.17. The van der Waals surface area contributed by atoms with Gasteiger partial charge in [0.25, 0.3) is 5.91 Å². The monoisotopic (exact) mass is 415 g/mol. The molecule has 1 amide bonds. The van der Waals surface area contributed by atoms with Gasteiger partial charge >= 0.3 is 0 Å². The summed E-state index contributed by atoms with van der Waals surface area (Å²) < 4.78 is 11.4. The Morgan fingerprint density at radius 1 is 1.03 bits per heavy atom. The van der Waals surface area contributed by atoms with Crippen molar-refractivity contribution in [3.63, 3.8) is 0 Å². The smallest absolute Gasteiger partial charge is 0.258 e. The number of benzene rings is 3. The fraction of sp³-hybridized carbons (Fsp3) is 0.120. The van der Waals surface area contributed by atoms with Crippen molar-refractivity contribution in [2.75, 3.05) is 6.61 Å². The summed E-state index contributed by atoms with van der Waals surface area (Å²) in [6, 6.07) is 21.2. The van der Waals surface area contributed by atoms with Crippen molar-refractivity contribution in [1.29, 1.82) is 0 Å². The van der Waals surface area contributed by atoms with Crippen molar-refractivity contribution in [2.24, 2.45) is 0 Å². The zero-order valence-corrected chi connectivity index (χ0v) is 16.9. The molecule has 1 aromatic heterocycles. The third-order valence-corrected chi connectivity index (χ3v) is 4.78. The van der Waals surface area contributed by atoms with Crippen molar-refractivity contribution in [3.8, 4) is 22.8 Å². The third-order valence-electron chi connectivity index (χ3n) is 4.78. The molecule has 4 rings (SSSR count). The van der Waals surface area contributed by atoms with Crippen LogP contribution in [0.2, 0.25) is 0 Å². The molecule has 0 radical (unpaired) electrons. The maximum atomic E-state index is 12.5. The first-order valence-corrected chi connectivity index (χ1v) is 9.81. The molecule has 0 unspecified atom stereocenters. The van der Waals surface area contributed by atoms with Gasteiger partial charge < -0.3 is 19.6 Å². The van der Waals surface area contributed by atoms with Gasteiger partial charge in [-0.25, -0.2) is 0 Å². The van der Waals surface area contributed by atoms with Gasteiger partial charge in [-0.3, -0.25) is 9.59 Å². The van der Waals surface area contributed by atoms with Gasteiger partial charge in [0.15, 0.2) is 12.0 Å². The molecule has 156 valence electrons. The normalized spacial score (nSPS) is 10.7. The van der Waals surface area contributed by atoms with Gasteiger partial charge in [0.05, 0.1) is 0 Å². The van der Waals surface area contributed by atoms with Crippen LogP contribution < -0.4 is 15.5 Å². The fourth-order valence-electron chi connectivity index (χ4n) is 3.29. The molecule has 0 fully saturated rings. The SMILES string of the molecule is Cc1cccc(CNC(=O)COc2cc(O)c3c(=O)cc(-c4ccccc4)oc3c2)c1. The molecule has 0 bridgehead atoms. The summed E-state index contributed by atoms with van der Waals surface area (Å²) in [5, 5.41) is 13.2. The molecular formula is C25H21NO5. The standard InChI is InChI=1S/C25H21NO5/c1-16-6-5-7-17(10-16)14-26-24(29)15-30-19-11-20(27)25-21(28)13-22(31-23(25)12-19)18-8-3-2-4-9-18/h2-13,27H,14-15H2,1H3,(H,26,29). The Balaban J connectivity index is 1.50. The predicted molar refractivity (Wildman–Crippen MR) is 118 cm³/mol. The van der Waals surface area contributed by atoms with Gasteiger partial charge in [-0.1, -0.05) is 60.2 Å². The average Bonchev–Trinajstić information content (AvgIpc) is 2.76. The number of aryl methyl sites for hydroxylation is 1. The molecule has 6 heteroatoms. The van der Waals surface area contributed by atoms with Crippen LogP contribution in [0.3, 0.4) is 0 Å². The van der Waals surface area contributed by atoms with Crippen LogP contribution in [0.15, 0.2) is 82.0 Å². The maximum absolute atomic E-state index is 12.5. The highest BCUT2D eigenvalue weighted by molar-refractivity contribution is 5.86. The van der Waals surface area contributed by atoms with E-state index < -0.39 is 0 Å². The number of ether oxygens (including phenoxy) is 1. The second kappa shape index (κ2) is 8.75. The van der Waals surface area contributed by atoms with E-state index in [0.717, 1.165) is 16.7 Å². The molecule has 31 heavy (non-hydrogen) atoms. The van der Waals surface area contributed by atoms with Crippen molar-refractivity contribution < 1.29 is 19.1 Å². The molecule has 6 nitrogen and oxygen atoms in total. The Bertz CT molecular complexity index is 1290. The molecule has 1 heterocycles. The highest BCUT2D eigenvalue weighted by Gasteiger charge is 2.13. The summed E-state index contributed by atoms with van der Waals surface area (Å²) in [5.41, 5.74) is 2.67. The van der Waals surface area contributed by atoms with E-state index in [0.29, 0.717) is 12.3 Å². The van der Waals surface area contributed by atoms with E-state index in [2.05, 4.69) is 5.32 Å². The molecular weight excluding hydrogens is 394 g/mol. The van der Waals surface area contributed by atoms with Crippen LogP contribution in [0.4, 0.5) is 0 Å². The van der Waals surface area contributed by atoms with Crippen LogP contribution in [0.5, 0.6) is 11.5 Å². The lowest BCUT2D eigenvalue weighted by atomic mass is 10.1. The Hall–Kier alpha value is -4.06. The number of amides is 1. The van der Waals surface area contributed by atoms with Gasteiger partial charge in [-0.15, -0.1) is 0 Å². The van der Waals surface area contributed by atoms with Gasteiger partial charge in [-0.05, 0) is 12.5 Å². The van der Waals surface area contributed by atoms with Crippen LogP contribution in [0, 0.1) is 6.92 Å². The fourth-order valence-corrected chi connectivity index (χ4v) is 3.29. The zero-order chi connectivity index (χ0) is 21.8. The van der Waals surface area contributed by atoms with Crippen molar-refractivity contribution >= 4 is 16.9 Å². The molecule has 3 aromatic carbocycles. The topological polar surface area (TPSA) is 88.8 Å². The van der Waals surface area contributed by atoms with Crippen molar-refractivity contribution in [3.05, 3.63) is 94.1 Å². The van der Waals surface area contributed by atoms with Gasteiger partial charge in [-0.2, -0.15) is 0 Å². The lowest BCUT2D eigenvalue weighted by Crippen LogP contribution is -2.28. The zero-order valence-electron chi connectivity index (χ0n) is 16.9. The minimum absolute atomic E-state index is 0.0657. The summed E-state index contributed by atoms with van der Waals surface area (Å²) in [5.74, 6) is 0.0382. The van der Waals surface area contributed by atoms with E-state index >= 15 is 0 Å². The first kappa shape index (κ1) is 20.2. The number of rotatable bonds is 6. The molecule has 0 saturated heterocycles. The summed E-state index contributed by atoms with van der Waals surface area (Å²) in [6.45, 7) is 2.14. The van der Waals surface area contributed by atoms with Crippen LogP contribution >= 0.6 is 0 Å². The second-order valence-electron chi connectivity index (χ2n) is 7.21. The first-order chi connectivity index (χ1) is 15.0. The highest BCUT2D eigenvalue weighted by atomic mass is 16.5. The minimum Gasteiger partial charge on any atom is -0.507 e. The largest absolute Gasteiger partial charge is 0.507 e. The van der Waals surface area contributed by atoms with E-state index in [1.54, 1.807) is 0 Å². The van der Waals surface area contributed by atoms with Crippen LogP contribution in [0.1, 0.15) is 11.1 Å². The van der Waals surface area contributed by atoms with E-state index in [1.165, 1.54) is 18.2 Å².